The summed E-state index contributed by atoms with van der Waals surface area (Å²) in [7, 11) is 0. The number of alkyl halides is 7. The van der Waals surface area contributed by atoms with E-state index in [9.17, 15) is 30.7 Å². The summed E-state index contributed by atoms with van der Waals surface area (Å²) in [5.41, 5.74) is -0.290. The van der Waals surface area contributed by atoms with Crippen molar-refractivity contribution in [3.8, 4) is 5.75 Å². The van der Waals surface area contributed by atoms with E-state index in [0.29, 0.717) is 35.9 Å². The van der Waals surface area contributed by atoms with Gasteiger partial charge in [-0.3, -0.25) is 0 Å². The van der Waals surface area contributed by atoms with Crippen molar-refractivity contribution in [2.75, 3.05) is 18.1 Å². The maximum atomic E-state index is 14.5. The third-order valence-corrected chi connectivity index (χ3v) is 7.44. The van der Waals surface area contributed by atoms with E-state index in [0.717, 1.165) is 25.0 Å². The van der Waals surface area contributed by atoms with Crippen LogP contribution in [0.1, 0.15) is 25.3 Å². The molecule has 0 atom stereocenters. The predicted molar refractivity (Wildman–Crippen MR) is 89.4 cm³/mol. The predicted octanol–water partition coefficient (Wildman–Crippen LogP) is 6.33. The first-order valence-electron chi connectivity index (χ1n) is 7.83. The molecule has 2 rings (SSSR count). The van der Waals surface area contributed by atoms with Crippen LogP contribution in [-0.2, 0) is 4.08 Å². The molecule has 1 aliphatic heterocycles. The highest BCUT2D eigenvalue weighted by molar-refractivity contribution is 8.20. The number of thioether (sulfide) groups is 2. The van der Waals surface area contributed by atoms with Gasteiger partial charge in [-0.25, -0.2) is 0 Å². The highest BCUT2D eigenvalue weighted by Gasteiger charge is 2.80. The van der Waals surface area contributed by atoms with E-state index in [1.165, 1.54) is 12.1 Å². The summed E-state index contributed by atoms with van der Waals surface area (Å²) in [4.78, 5) is 0. The van der Waals surface area contributed by atoms with E-state index in [1.807, 2.05) is 6.92 Å². The lowest BCUT2D eigenvalue weighted by Crippen LogP contribution is -2.59. The first-order valence-corrected chi connectivity index (χ1v) is 9.80. The van der Waals surface area contributed by atoms with Crippen LogP contribution in [0.5, 0.6) is 5.75 Å². The van der Waals surface area contributed by atoms with E-state index < -0.39 is 22.1 Å². The molecule has 0 bridgehead atoms. The highest BCUT2D eigenvalue weighted by atomic mass is 32.2. The first kappa shape index (κ1) is 21.5. The van der Waals surface area contributed by atoms with Gasteiger partial charge in [0.15, 0.2) is 4.08 Å². The molecule has 1 nitrogen and oxygen atoms in total. The summed E-state index contributed by atoms with van der Waals surface area (Å²) in [5.74, 6) is -11.0. The zero-order valence-corrected chi connectivity index (χ0v) is 15.3. The van der Waals surface area contributed by atoms with Crippen molar-refractivity contribution < 1.29 is 35.5 Å². The fourth-order valence-corrected chi connectivity index (χ4v) is 5.73. The Bertz CT molecular complexity index is 596. The summed E-state index contributed by atoms with van der Waals surface area (Å²) in [6.45, 7) is 2.35. The molecule has 0 aliphatic carbocycles. The lowest BCUT2D eigenvalue weighted by molar-refractivity contribution is -0.357. The van der Waals surface area contributed by atoms with Crippen molar-refractivity contribution >= 4 is 23.5 Å². The third-order valence-electron chi connectivity index (χ3n) is 3.86. The number of hydrogen-bond acceptors (Lipinski definition) is 3. The van der Waals surface area contributed by atoms with E-state index in [1.54, 1.807) is 0 Å². The maximum Gasteiger partial charge on any atom is 0.459 e. The summed E-state index contributed by atoms with van der Waals surface area (Å²) < 4.78 is 97.0. The lowest BCUT2D eigenvalue weighted by Gasteiger charge is -2.40. The summed E-state index contributed by atoms with van der Waals surface area (Å²) in [6, 6.07) is 4.89. The van der Waals surface area contributed by atoms with Gasteiger partial charge in [0.1, 0.15) is 5.75 Å². The Morgan fingerprint density at radius 1 is 0.962 bits per heavy atom. The van der Waals surface area contributed by atoms with Crippen LogP contribution >= 0.6 is 23.5 Å². The first-order chi connectivity index (χ1) is 12.0. The molecular weight excluding hydrogens is 405 g/mol. The van der Waals surface area contributed by atoms with Gasteiger partial charge in [0.05, 0.1) is 6.61 Å². The Labute approximate surface area is 155 Å². The Morgan fingerprint density at radius 2 is 1.50 bits per heavy atom. The molecule has 0 radical (unpaired) electrons. The second kappa shape index (κ2) is 7.69. The van der Waals surface area contributed by atoms with E-state index in [2.05, 4.69) is 0 Å². The van der Waals surface area contributed by atoms with Gasteiger partial charge in [0, 0.05) is 11.5 Å². The van der Waals surface area contributed by atoms with Crippen molar-refractivity contribution in [1.29, 1.82) is 0 Å². The second-order valence-corrected chi connectivity index (χ2v) is 8.56. The van der Waals surface area contributed by atoms with Crippen LogP contribution in [0.15, 0.2) is 24.3 Å². The van der Waals surface area contributed by atoms with E-state index in [-0.39, 0.29) is 17.1 Å². The number of benzene rings is 1. The topological polar surface area (TPSA) is 9.23 Å². The van der Waals surface area contributed by atoms with Gasteiger partial charge in [-0.1, -0.05) is 25.5 Å². The second-order valence-electron chi connectivity index (χ2n) is 5.69. The smallest absolute Gasteiger partial charge is 0.459 e. The zero-order chi connectivity index (χ0) is 19.6. The van der Waals surface area contributed by atoms with Crippen LogP contribution in [0.3, 0.4) is 0 Å². The Hall–Kier alpha value is -0.770. The van der Waals surface area contributed by atoms with Gasteiger partial charge in [-0.05, 0) is 24.1 Å². The molecule has 1 aromatic carbocycles. The molecule has 1 heterocycles. The SMILES string of the molecule is CCCCOc1ccc(C2(C(F)(F)C(F)(F)C(F)(F)F)SCCS2)cc1. The molecule has 0 saturated carbocycles. The van der Waals surface area contributed by atoms with Crippen LogP contribution in [0.2, 0.25) is 0 Å². The molecular formula is C16H17F7OS2. The molecule has 148 valence electrons. The van der Waals surface area contributed by atoms with Gasteiger partial charge in [-0.2, -0.15) is 30.7 Å². The van der Waals surface area contributed by atoms with Gasteiger partial charge in [0.2, 0.25) is 0 Å². The van der Waals surface area contributed by atoms with Crippen LogP contribution in [0.4, 0.5) is 30.7 Å². The van der Waals surface area contributed by atoms with Gasteiger partial charge in [0.25, 0.3) is 0 Å². The summed E-state index contributed by atoms with van der Waals surface area (Å²) in [5, 5.41) is 0. The Balaban J connectivity index is 2.38. The van der Waals surface area contributed by atoms with E-state index >= 15 is 0 Å². The van der Waals surface area contributed by atoms with Crippen LogP contribution in [-0.4, -0.2) is 36.1 Å². The highest BCUT2D eigenvalue weighted by Crippen LogP contribution is 2.66. The number of unbranched alkanes of at least 4 members (excludes halogenated alkanes) is 1. The molecule has 0 amide bonds. The summed E-state index contributed by atoms with van der Waals surface area (Å²) >= 11 is 0.825. The van der Waals surface area contributed by atoms with Crippen molar-refractivity contribution in [1.82, 2.24) is 0 Å². The molecule has 0 N–H and O–H groups in total. The number of hydrogen-bond donors (Lipinski definition) is 0. The Morgan fingerprint density at radius 3 is 1.96 bits per heavy atom. The molecule has 0 unspecified atom stereocenters. The number of rotatable bonds is 7. The van der Waals surface area contributed by atoms with Crippen LogP contribution in [0.25, 0.3) is 0 Å². The molecule has 1 fully saturated rings. The minimum atomic E-state index is -6.35. The molecule has 0 spiro atoms. The Kier molecular flexibility index (Phi) is 6.37. The van der Waals surface area contributed by atoms with Gasteiger partial charge in [-0.15, -0.1) is 23.5 Å². The minimum Gasteiger partial charge on any atom is -0.494 e. The standard InChI is InChI=1S/C16H17F7OS2/c1-2-3-8-24-12-6-4-11(5-7-12)13(25-9-10-26-13)14(17,18)15(19,20)16(21,22)23/h4-7H,2-3,8-10H2,1H3. The van der Waals surface area contributed by atoms with Crippen molar-refractivity contribution in [3.05, 3.63) is 29.8 Å². The van der Waals surface area contributed by atoms with Gasteiger partial charge >= 0.3 is 18.0 Å². The molecule has 1 aromatic rings. The van der Waals surface area contributed by atoms with Crippen molar-refractivity contribution in [2.24, 2.45) is 0 Å². The fraction of sp³-hybridized carbons (Fsp3) is 0.625. The lowest BCUT2D eigenvalue weighted by atomic mass is 9.99. The average molecular weight is 422 g/mol. The minimum absolute atomic E-state index is 0.0446. The molecule has 0 aromatic heterocycles. The van der Waals surface area contributed by atoms with Crippen molar-refractivity contribution in [3.63, 3.8) is 0 Å². The average Bonchev–Trinajstić information content (AvgIpc) is 3.06. The molecule has 1 aliphatic rings. The molecule has 26 heavy (non-hydrogen) atoms. The molecule has 1 saturated heterocycles. The van der Waals surface area contributed by atoms with Crippen molar-refractivity contribution in [2.45, 2.75) is 41.9 Å². The number of ether oxygens (including phenoxy) is 1. The van der Waals surface area contributed by atoms with Gasteiger partial charge < -0.3 is 4.74 Å². The monoisotopic (exact) mass is 422 g/mol. The largest absolute Gasteiger partial charge is 0.494 e. The fourth-order valence-electron chi connectivity index (χ4n) is 2.43. The van der Waals surface area contributed by atoms with E-state index in [4.69, 9.17) is 4.74 Å². The summed E-state index contributed by atoms with van der Waals surface area (Å²) in [6.07, 6.45) is -4.70. The normalized spacial score (nSPS) is 18.2. The van der Waals surface area contributed by atoms with Crippen LogP contribution in [0, 0.1) is 0 Å². The molecule has 10 heteroatoms. The number of halogens is 7. The third kappa shape index (κ3) is 3.63. The van der Waals surface area contributed by atoms with Crippen LogP contribution < -0.4 is 4.74 Å². The maximum absolute atomic E-state index is 14.5. The quantitative estimate of drug-likeness (QED) is 0.375. The zero-order valence-electron chi connectivity index (χ0n) is 13.7.